The molecule has 0 spiro atoms. The smallest absolute Gasteiger partial charge is 0.416 e. The number of alkyl halides is 3. The van der Waals surface area contributed by atoms with Crippen LogP contribution in [0, 0.1) is 0 Å². The van der Waals surface area contributed by atoms with Gasteiger partial charge in [0.1, 0.15) is 5.75 Å². The molecular formula is C12H9F3N4O2. The van der Waals surface area contributed by atoms with E-state index in [0.29, 0.717) is 0 Å². The fraction of sp³-hybridized carbons (Fsp3) is 0.0833. The Morgan fingerprint density at radius 1 is 1.29 bits per heavy atom. The Bertz CT molecular complexity index is 661. The Labute approximate surface area is 116 Å². The molecule has 3 N–H and O–H groups in total. The summed E-state index contributed by atoms with van der Waals surface area (Å²) in [6, 6.07) is 4.77. The highest BCUT2D eigenvalue weighted by molar-refractivity contribution is 5.85. The predicted octanol–water partition coefficient (Wildman–Crippen LogP) is 2.78. The van der Waals surface area contributed by atoms with Crippen LogP contribution in [0.1, 0.15) is 5.56 Å². The molecule has 0 saturated heterocycles. The van der Waals surface area contributed by atoms with E-state index in [-0.39, 0.29) is 17.6 Å². The lowest BCUT2D eigenvalue weighted by Gasteiger charge is -2.09. The third-order valence-electron chi connectivity index (χ3n) is 2.25. The van der Waals surface area contributed by atoms with Crippen molar-refractivity contribution in [3.8, 4) is 11.6 Å². The molecule has 110 valence electrons. The Kier molecular flexibility index (Phi) is 3.92. The number of carbonyl (C=O) groups is 1. The van der Waals surface area contributed by atoms with Gasteiger partial charge in [-0.2, -0.15) is 18.2 Å². The molecule has 0 radical (unpaired) electrons. The number of amides is 2. The van der Waals surface area contributed by atoms with Gasteiger partial charge in [-0.25, -0.2) is 9.78 Å². The number of anilines is 1. The summed E-state index contributed by atoms with van der Waals surface area (Å²) in [7, 11) is 0. The van der Waals surface area contributed by atoms with Gasteiger partial charge in [0.05, 0.1) is 5.56 Å². The van der Waals surface area contributed by atoms with Crippen molar-refractivity contribution in [2.75, 3.05) is 5.32 Å². The summed E-state index contributed by atoms with van der Waals surface area (Å²) in [5.41, 5.74) is 4.06. The Morgan fingerprint density at radius 3 is 2.71 bits per heavy atom. The third-order valence-corrected chi connectivity index (χ3v) is 2.25. The lowest BCUT2D eigenvalue weighted by atomic mass is 10.2. The highest BCUT2D eigenvalue weighted by Crippen LogP contribution is 2.32. The molecule has 2 aromatic rings. The minimum Gasteiger partial charge on any atom is -0.439 e. The van der Waals surface area contributed by atoms with Crippen LogP contribution in [0.25, 0.3) is 0 Å². The maximum atomic E-state index is 12.6. The van der Waals surface area contributed by atoms with Crippen molar-refractivity contribution in [2.45, 2.75) is 6.18 Å². The lowest BCUT2D eigenvalue weighted by molar-refractivity contribution is -0.137. The first kappa shape index (κ1) is 14.6. The molecule has 1 aromatic heterocycles. The number of benzene rings is 1. The molecule has 1 aromatic carbocycles. The molecule has 21 heavy (non-hydrogen) atoms. The molecule has 2 rings (SSSR count). The molecule has 0 atom stereocenters. The van der Waals surface area contributed by atoms with Crippen LogP contribution in [0.3, 0.4) is 0 Å². The Balaban J connectivity index is 2.20. The molecule has 0 aliphatic carbocycles. The van der Waals surface area contributed by atoms with Crippen LogP contribution in [0.5, 0.6) is 11.6 Å². The fourth-order valence-corrected chi connectivity index (χ4v) is 1.43. The van der Waals surface area contributed by atoms with Crippen LogP contribution < -0.4 is 15.8 Å². The van der Waals surface area contributed by atoms with Crippen molar-refractivity contribution >= 4 is 12.0 Å². The summed E-state index contributed by atoms with van der Waals surface area (Å²) in [5.74, 6) is -0.200. The van der Waals surface area contributed by atoms with Gasteiger partial charge < -0.3 is 10.5 Å². The largest absolute Gasteiger partial charge is 0.439 e. The van der Waals surface area contributed by atoms with Gasteiger partial charge >= 0.3 is 12.2 Å². The van der Waals surface area contributed by atoms with Crippen molar-refractivity contribution in [3.63, 3.8) is 0 Å². The first-order valence-electron chi connectivity index (χ1n) is 5.59. The van der Waals surface area contributed by atoms with Crippen molar-refractivity contribution in [1.82, 2.24) is 9.97 Å². The van der Waals surface area contributed by atoms with Gasteiger partial charge in [-0.3, -0.25) is 5.32 Å². The second-order valence-corrected chi connectivity index (χ2v) is 3.84. The molecular weight excluding hydrogens is 289 g/mol. The molecule has 9 heteroatoms. The van der Waals surface area contributed by atoms with Crippen molar-refractivity contribution in [1.29, 1.82) is 0 Å². The van der Waals surface area contributed by atoms with Gasteiger partial charge in [0, 0.05) is 12.3 Å². The van der Waals surface area contributed by atoms with Crippen LogP contribution >= 0.6 is 0 Å². The standard InChI is InChI=1S/C12H9F3N4O2/c13-12(14,15)7-2-1-3-8(6-7)21-9-4-5-17-11(18-9)19-10(16)20/h1-6H,(H3,16,17,18,19,20). The third kappa shape index (κ3) is 4.06. The number of urea groups is 1. The number of hydrogen-bond donors (Lipinski definition) is 2. The summed E-state index contributed by atoms with van der Waals surface area (Å²) in [4.78, 5) is 18.1. The molecule has 1 heterocycles. The maximum Gasteiger partial charge on any atom is 0.416 e. The highest BCUT2D eigenvalue weighted by atomic mass is 19.4. The van der Waals surface area contributed by atoms with Crippen LogP contribution in [-0.4, -0.2) is 16.0 Å². The molecule has 6 nitrogen and oxygen atoms in total. The number of aromatic nitrogens is 2. The molecule has 0 bridgehead atoms. The van der Waals surface area contributed by atoms with E-state index in [1.165, 1.54) is 24.4 Å². The van der Waals surface area contributed by atoms with Crippen molar-refractivity contribution in [2.24, 2.45) is 5.73 Å². The number of hydrogen-bond acceptors (Lipinski definition) is 4. The molecule has 2 amide bonds. The first-order valence-corrected chi connectivity index (χ1v) is 5.59. The van der Waals surface area contributed by atoms with Crippen molar-refractivity contribution < 1.29 is 22.7 Å². The van der Waals surface area contributed by atoms with Gasteiger partial charge in [0.15, 0.2) is 0 Å². The number of carbonyl (C=O) groups excluding carboxylic acids is 1. The Hall–Kier alpha value is -2.84. The van der Waals surface area contributed by atoms with Crippen LogP contribution in [-0.2, 0) is 6.18 Å². The van der Waals surface area contributed by atoms with Gasteiger partial charge in [-0.1, -0.05) is 6.07 Å². The molecule has 0 saturated carbocycles. The van der Waals surface area contributed by atoms with Gasteiger partial charge in [-0.05, 0) is 18.2 Å². The SMILES string of the molecule is NC(=O)Nc1nccc(Oc2cccc(C(F)(F)F)c2)n1. The van der Waals surface area contributed by atoms with E-state index in [1.807, 2.05) is 0 Å². The minimum absolute atomic E-state index is 0.0342. The van der Waals surface area contributed by atoms with E-state index >= 15 is 0 Å². The van der Waals surface area contributed by atoms with Gasteiger partial charge in [0.25, 0.3) is 0 Å². The predicted molar refractivity (Wildman–Crippen MR) is 66.8 cm³/mol. The van der Waals surface area contributed by atoms with E-state index in [0.717, 1.165) is 12.1 Å². The summed E-state index contributed by atoms with van der Waals surface area (Å²) >= 11 is 0. The first-order chi connectivity index (χ1) is 9.84. The summed E-state index contributed by atoms with van der Waals surface area (Å²) in [5, 5.41) is 2.12. The summed E-state index contributed by atoms with van der Waals surface area (Å²) in [6.45, 7) is 0. The normalized spacial score (nSPS) is 11.0. The topological polar surface area (TPSA) is 90.1 Å². The van der Waals surface area contributed by atoms with Crippen LogP contribution in [0.4, 0.5) is 23.9 Å². The zero-order valence-corrected chi connectivity index (χ0v) is 10.4. The average Bonchev–Trinajstić information content (AvgIpc) is 2.37. The highest BCUT2D eigenvalue weighted by Gasteiger charge is 2.30. The quantitative estimate of drug-likeness (QED) is 0.911. The van der Waals surface area contributed by atoms with E-state index < -0.39 is 17.8 Å². The number of nitrogens with zero attached hydrogens (tertiary/aromatic N) is 2. The fourth-order valence-electron chi connectivity index (χ4n) is 1.43. The zero-order valence-electron chi connectivity index (χ0n) is 10.4. The number of nitrogens with one attached hydrogen (secondary N) is 1. The number of nitrogens with two attached hydrogens (primary N) is 1. The second-order valence-electron chi connectivity index (χ2n) is 3.84. The number of rotatable bonds is 3. The van der Waals surface area contributed by atoms with Gasteiger partial charge in [0.2, 0.25) is 11.8 Å². The molecule has 0 unspecified atom stereocenters. The number of ether oxygens (including phenoxy) is 1. The minimum atomic E-state index is -4.47. The van der Waals surface area contributed by atoms with Crippen LogP contribution in [0.2, 0.25) is 0 Å². The Morgan fingerprint density at radius 2 is 2.05 bits per heavy atom. The molecule has 0 aliphatic rings. The summed E-state index contributed by atoms with van der Waals surface area (Å²) < 4.78 is 42.9. The van der Waals surface area contributed by atoms with E-state index in [9.17, 15) is 18.0 Å². The van der Waals surface area contributed by atoms with E-state index in [1.54, 1.807) is 0 Å². The molecule has 0 fully saturated rings. The molecule has 0 aliphatic heterocycles. The van der Waals surface area contributed by atoms with Crippen molar-refractivity contribution in [3.05, 3.63) is 42.1 Å². The summed E-state index contributed by atoms with van der Waals surface area (Å²) in [6.07, 6.45) is -3.20. The number of halogens is 3. The van der Waals surface area contributed by atoms with Gasteiger partial charge in [-0.15, -0.1) is 0 Å². The van der Waals surface area contributed by atoms with E-state index in [4.69, 9.17) is 10.5 Å². The van der Waals surface area contributed by atoms with Crippen LogP contribution in [0.15, 0.2) is 36.5 Å². The second kappa shape index (κ2) is 5.65. The van der Waals surface area contributed by atoms with E-state index in [2.05, 4.69) is 15.3 Å². The zero-order chi connectivity index (χ0) is 15.5. The lowest BCUT2D eigenvalue weighted by Crippen LogP contribution is -2.20. The average molecular weight is 298 g/mol. The number of primary amides is 1. The maximum absolute atomic E-state index is 12.6. The monoisotopic (exact) mass is 298 g/mol.